The zero-order valence-corrected chi connectivity index (χ0v) is 14.9. The summed E-state index contributed by atoms with van der Waals surface area (Å²) in [4.78, 5) is 8.77. The van der Waals surface area contributed by atoms with Crippen LogP contribution in [-0.4, -0.2) is 9.97 Å². The van der Waals surface area contributed by atoms with Crippen LogP contribution in [0.1, 0.15) is 5.56 Å². The highest BCUT2D eigenvalue weighted by Crippen LogP contribution is 2.29. The van der Waals surface area contributed by atoms with Crippen molar-refractivity contribution in [1.82, 2.24) is 9.97 Å². The number of halogens is 1. The number of hydrogen-bond acceptors (Lipinski definition) is 3. The van der Waals surface area contributed by atoms with E-state index >= 15 is 0 Å². The lowest BCUT2D eigenvalue weighted by molar-refractivity contribution is 1.21. The molecule has 0 radical (unpaired) electrons. The molecule has 1 N–H and O–H groups in total. The molecule has 0 atom stereocenters. The van der Waals surface area contributed by atoms with E-state index < -0.39 is 0 Å². The second-order valence-corrected chi connectivity index (χ2v) is 5.78. The van der Waals surface area contributed by atoms with Gasteiger partial charge in [0.05, 0.1) is 5.52 Å². The summed E-state index contributed by atoms with van der Waals surface area (Å²) < 4.78 is 0. The van der Waals surface area contributed by atoms with Crippen LogP contribution in [0.25, 0.3) is 28.1 Å². The molecule has 0 saturated carbocycles. The van der Waals surface area contributed by atoms with Gasteiger partial charge in [0.1, 0.15) is 0 Å². The average Bonchev–Trinajstić information content (AvgIpc) is 2.66. The fourth-order valence-corrected chi connectivity index (χ4v) is 2.53. The fraction of sp³-hybridized carbons (Fsp3) is 0. The van der Waals surface area contributed by atoms with Crippen LogP contribution in [-0.2, 0) is 0 Å². The Bertz CT molecular complexity index is 1000. The summed E-state index contributed by atoms with van der Waals surface area (Å²) in [5, 5.41) is 4.23. The van der Waals surface area contributed by atoms with Gasteiger partial charge in [0.25, 0.3) is 0 Å². The van der Waals surface area contributed by atoms with Gasteiger partial charge in [-0.25, -0.2) is 9.97 Å². The van der Waals surface area contributed by atoms with E-state index in [1.165, 1.54) is 11.1 Å². The molecular formula is C22H18ClN3. The molecule has 1 heterocycles. The highest BCUT2D eigenvalue weighted by molar-refractivity contribution is 5.85. The van der Waals surface area contributed by atoms with E-state index in [1.54, 1.807) is 0 Å². The first-order valence-corrected chi connectivity index (χ1v) is 8.13. The zero-order chi connectivity index (χ0) is 17.1. The number of rotatable bonds is 3. The quantitative estimate of drug-likeness (QED) is 0.422. The molecule has 0 unspecified atom stereocenters. The monoisotopic (exact) mass is 359 g/mol. The normalized spacial score (nSPS) is 10.2. The van der Waals surface area contributed by atoms with Crippen LogP contribution in [0.15, 0.2) is 85.6 Å². The molecule has 0 bridgehead atoms. The van der Waals surface area contributed by atoms with Crippen LogP contribution in [0.2, 0.25) is 0 Å². The van der Waals surface area contributed by atoms with E-state index in [0.29, 0.717) is 5.95 Å². The maximum Gasteiger partial charge on any atom is 0.227 e. The Balaban J connectivity index is 0.000000234. The first-order valence-electron chi connectivity index (χ1n) is 8.13. The molecule has 4 heteroatoms. The molecule has 0 spiro atoms. The van der Waals surface area contributed by atoms with Crippen molar-refractivity contribution < 1.29 is 0 Å². The number of fused-ring (bicyclic) bond motifs is 2. The minimum absolute atomic E-state index is 0. The summed E-state index contributed by atoms with van der Waals surface area (Å²) in [7, 11) is 0. The average molecular weight is 360 g/mol. The first-order chi connectivity index (χ1) is 12.3. The molecule has 26 heavy (non-hydrogen) atoms. The lowest BCUT2D eigenvalue weighted by Crippen LogP contribution is -1.96. The van der Waals surface area contributed by atoms with Gasteiger partial charge in [0.2, 0.25) is 5.95 Å². The number of aromatic nitrogens is 2. The molecule has 128 valence electrons. The SMILES string of the molecule is C=Cc1ccc(Nc2ncc3ccccc3n2)cc1.Cl.c1cc2ccc1-2. The van der Waals surface area contributed by atoms with Gasteiger partial charge in [0, 0.05) is 17.3 Å². The number of nitrogens with one attached hydrogen (secondary N) is 1. The largest absolute Gasteiger partial charge is 0.324 e. The summed E-state index contributed by atoms with van der Waals surface area (Å²) in [6.45, 7) is 3.73. The molecule has 2 aliphatic carbocycles. The molecule has 2 aliphatic rings. The Hall–Kier alpha value is -3.17. The second kappa shape index (κ2) is 7.81. The lowest BCUT2D eigenvalue weighted by Gasteiger charge is -2.10. The van der Waals surface area contributed by atoms with Crippen LogP contribution < -0.4 is 5.32 Å². The minimum atomic E-state index is 0. The first kappa shape index (κ1) is 17.6. The number of anilines is 2. The van der Waals surface area contributed by atoms with Gasteiger partial charge in [-0.3, -0.25) is 0 Å². The van der Waals surface area contributed by atoms with Crippen molar-refractivity contribution in [3.8, 4) is 11.1 Å². The fourth-order valence-electron chi connectivity index (χ4n) is 2.53. The van der Waals surface area contributed by atoms with Crippen LogP contribution in [0.4, 0.5) is 11.6 Å². The Morgan fingerprint density at radius 2 is 1.46 bits per heavy atom. The van der Waals surface area contributed by atoms with Crippen molar-refractivity contribution in [1.29, 1.82) is 0 Å². The molecule has 1 aromatic heterocycles. The van der Waals surface area contributed by atoms with Crippen molar-refractivity contribution in [2.24, 2.45) is 0 Å². The van der Waals surface area contributed by atoms with Crippen LogP contribution in [0.3, 0.4) is 0 Å². The summed E-state index contributed by atoms with van der Waals surface area (Å²) in [6, 6.07) is 24.4. The summed E-state index contributed by atoms with van der Waals surface area (Å²) >= 11 is 0. The molecule has 0 amide bonds. The van der Waals surface area contributed by atoms with E-state index in [0.717, 1.165) is 22.2 Å². The maximum atomic E-state index is 4.47. The Kier molecular flexibility index (Phi) is 5.30. The predicted octanol–water partition coefficient (Wildman–Crippen LogP) is 6.11. The number of nitrogens with zero attached hydrogens (tertiary/aromatic N) is 2. The van der Waals surface area contributed by atoms with Gasteiger partial charge >= 0.3 is 0 Å². The Labute approximate surface area is 158 Å². The van der Waals surface area contributed by atoms with Gasteiger partial charge in [0.15, 0.2) is 0 Å². The van der Waals surface area contributed by atoms with E-state index in [4.69, 9.17) is 0 Å². The van der Waals surface area contributed by atoms with Gasteiger partial charge in [-0.1, -0.05) is 67.3 Å². The highest BCUT2D eigenvalue weighted by Gasteiger charge is 2.04. The Morgan fingerprint density at radius 1 is 0.808 bits per heavy atom. The molecule has 3 aromatic rings. The summed E-state index contributed by atoms with van der Waals surface area (Å²) in [5.41, 5.74) is 5.83. The molecule has 0 aliphatic heterocycles. The molecule has 0 saturated heterocycles. The minimum Gasteiger partial charge on any atom is -0.324 e. The molecule has 2 aromatic carbocycles. The van der Waals surface area contributed by atoms with Gasteiger partial charge in [-0.05, 0) is 34.9 Å². The Morgan fingerprint density at radius 3 is 2.04 bits per heavy atom. The van der Waals surface area contributed by atoms with Crippen LogP contribution >= 0.6 is 12.4 Å². The maximum absolute atomic E-state index is 4.47. The number of hydrogen-bond donors (Lipinski definition) is 1. The van der Waals surface area contributed by atoms with Gasteiger partial charge < -0.3 is 5.32 Å². The van der Waals surface area contributed by atoms with E-state index in [1.807, 2.05) is 60.8 Å². The summed E-state index contributed by atoms with van der Waals surface area (Å²) in [6.07, 6.45) is 3.64. The van der Waals surface area contributed by atoms with E-state index in [9.17, 15) is 0 Å². The highest BCUT2D eigenvalue weighted by atomic mass is 35.5. The number of para-hydroxylation sites is 1. The smallest absolute Gasteiger partial charge is 0.227 e. The van der Waals surface area contributed by atoms with Crippen LogP contribution in [0, 0.1) is 0 Å². The van der Waals surface area contributed by atoms with Crippen molar-refractivity contribution in [2.75, 3.05) is 5.32 Å². The predicted molar refractivity (Wildman–Crippen MR) is 112 cm³/mol. The number of benzene rings is 3. The van der Waals surface area contributed by atoms with Crippen molar-refractivity contribution >= 4 is 41.0 Å². The van der Waals surface area contributed by atoms with Crippen LogP contribution in [0.5, 0.6) is 0 Å². The van der Waals surface area contributed by atoms with Gasteiger partial charge in [-0.15, -0.1) is 12.4 Å². The third-order valence-corrected chi connectivity index (χ3v) is 4.11. The molecule has 5 rings (SSSR count). The second-order valence-electron chi connectivity index (χ2n) is 5.78. The lowest BCUT2D eigenvalue weighted by atomic mass is 9.95. The van der Waals surface area contributed by atoms with Crippen molar-refractivity contribution in [3.63, 3.8) is 0 Å². The molecule has 3 nitrogen and oxygen atoms in total. The third-order valence-electron chi connectivity index (χ3n) is 4.11. The zero-order valence-electron chi connectivity index (χ0n) is 14.1. The van der Waals surface area contributed by atoms with Gasteiger partial charge in [-0.2, -0.15) is 0 Å². The van der Waals surface area contributed by atoms with Crippen molar-refractivity contribution in [2.45, 2.75) is 0 Å². The standard InChI is InChI=1S/C16H13N3.C6H4.ClH/c1-2-12-7-9-14(10-8-12)18-16-17-11-13-5-3-4-6-15(13)19-16;1-2-6-4-3-5(1)6;/h2-11H,1H2,(H,17,18,19);1-4H;1H. The molecule has 0 fully saturated rings. The molecular weight excluding hydrogens is 342 g/mol. The van der Waals surface area contributed by atoms with Crippen molar-refractivity contribution in [3.05, 3.63) is 91.1 Å². The van der Waals surface area contributed by atoms with E-state index in [-0.39, 0.29) is 12.4 Å². The topological polar surface area (TPSA) is 37.8 Å². The summed E-state index contributed by atoms with van der Waals surface area (Å²) in [5.74, 6) is 0.602. The third kappa shape index (κ3) is 3.73. The van der Waals surface area contributed by atoms with E-state index in [2.05, 4.69) is 46.1 Å².